The van der Waals surface area contributed by atoms with Crippen LogP contribution in [0.2, 0.25) is 0 Å². The molecule has 21 heavy (non-hydrogen) atoms. The SMILES string of the molecule is NC(=N/C=C/c1ccc([N+](=O)[O-])cc1)c1ccc(N)cc1. The molecule has 0 spiro atoms. The molecular formula is C15H14N4O2. The predicted octanol–water partition coefficient (Wildman–Crippen LogP) is 2.55. The van der Waals surface area contributed by atoms with Crippen LogP contribution in [0.1, 0.15) is 11.1 Å². The molecule has 0 saturated heterocycles. The molecule has 6 heteroatoms. The normalized spacial score (nSPS) is 11.7. The fourth-order valence-electron chi connectivity index (χ4n) is 1.64. The van der Waals surface area contributed by atoms with Gasteiger partial charge in [-0.25, -0.2) is 4.99 Å². The average Bonchev–Trinajstić information content (AvgIpc) is 2.48. The Labute approximate surface area is 121 Å². The Morgan fingerprint density at radius 3 is 2.29 bits per heavy atom. The summed E-state index contributed by atoms with van der Waals surface area (Å²) in [6, 6.07) is 13.2. The number of aliphatic imine (C=N–C) groups is 1. The molecule has 6 nitrogen and oxygen atoms in total. The van der Waals surface area contributed by atoms with Gasteiger partial charge < -0.3 is 11.5 Å². The van der Waals surface area contributed by atoms with Gasteiger partial charge in [-0.3, -0.25) is 10.1 Å². The van der Waals surface area contributed by atoms with Crippen LogP contribution in [0.4, 0.5) is 11.4 Å². The number of amidine groups is 1. The zero-order valence-electron chi connectivity index (χ0n) is 11.1. The van der Waals surface area contributed by atoms with Crippen molar-refractivity contribution in [2.45, 2.75) is 0 Å². The third-order valence-electron chi connectivity index (χ3n) is 2.79. The van der Waals surface area contributed by atoms with Crippen LogP contribution < -0.4 is 11.5 Å². The predicted molar refractivity (Wildman–Crippen MR) is 83.7 cm³/mol. The molecule has 0 aliphatic rings. The lowest BCUT2D eigenvalue weighted by Crippen LogP contribution is -2.12. The molecular weight excluding hydrogens is 268 g/mol. The quantitative estimate of drug-likeness (QED) is 0.295. The second-order valence-electron chi connectivity index (χ2n) is 4.30. The molecule has 0 radical (unpaired) electrons. The molecule has 0 heterocycles. The molecule has 0 aliphatic heterocycles. The Morgan fingerprint density at radius 2 is 1.71 bits per heavy atom. The molecule has 0 unspecified atom stereocenters. The molecule has 106 valence electrons. The van der Waals surface area contributed by atoms with E-state index in [0.29, 0.717) is 11.5 Å². The van der Waals surface area contributed by atoms with Crippen molar-refractivity contribution in [3.05, 3.63) is 76.0 Å². The van der Waals surface area contributed by atoms with E-state index in [4.69, 9.17) is 11.5 Å². The van der Waals surface area contributed by atoms with E-state index in [9.17, 15) is 10.1 Å². The monoisotopic (exact) mass is 282 g/mol. The van der Waals surface area contributed by atoms with Crippen molar-refractivity contribution in [3.8, 4) is 0 Å². The number of nitro benzene ring substituents is 1. The topological polar surface area (TPSA) is 108 Å². The summed E-state index contributed by atoms with van der Waals surface area (Å²) >= 11 is 0. The maximum absolute atomic E-state index is 10.5. The van der Waals surface area contributed by atoms with Gasteiger partial charge in [0.25, 0.3) is 5.69 Å². The van der Waals surface area contributed by atoms with Gasteiger partial charge in [-0.2, -0.15) is 0 Å². The van der Waals surface area contributed by atoms with E-state index in [1.165, 1.54) is 12.1 Å². The van der Waals surface area contributed by atoms with Crippen LogP contribution in [0.3, 0.4) is 0 Å². The Morgan fingerprint density at radius 1 is 1.10 bits per heavy atom. The number of rotatable bonds is 4. The van der Waals surface area contributed by atoms with Gasteiger partial charge >= 0.3 is 0 Å². The van der Waals surface area contributed by atoms with Crippen LogP contribution in [0, 0.1) is 10.1 Å². The summed E-state index contributed by atoms with van der Waals surface area (Å²) in [5, 5.41) is 10.5. The number of nitrogens with zero attached hydrogens (tertiary/aromatic N) is 2. The van der Waals surface area contributed by atoms with Crippen molar-refractivity contribution in [3.63, 3.8) is 0 Å². The minimum absolute atomic E-state index is 0.0528. The third kappa shape index (κ3) is 3.90. The number of benzene rings is 2. The fraction of sp³-hybridized carbons (Fsp3) is 0. The van der Waals surface area contributed by atoms with Crippen molar-refractivity contribution < 1.29 is 4.92 Å². The highest BCUT2D eigenvalue weighted by Gasteiger charge is 2.02. The average molecular weight is 282 g/mol. The summed E-state index contributed by atoms with van der Waals surface area (Å²) in [6.45, 7) is 0. The summed E-state index contributed by atoms with van der Waals surface area (Å²) in [6.07, 6.45) is 3.26. The summed E-state index contributed by atoms with van der Waals surface area (Å²) in [5.74, 6) is 0.369. The highest BCUT2D eigenvalue weighted by atomic mass is 16.6. The van der Waals surface area contributed by atoms with E-state index in [1.807, 2.05) is 0 Å². The van der Waals surface area contributed by atoms with E-state index >= 15 is 0 Å². The maximum Gasteiger partial charge on any atom is 0.269 e. The van der Waals surface area contributed by atoms with E-state index in [0.717, 1.165) is 11.1 Å². The smallest absolute Gasteiger partial charge is 0.269 e. The largest absolute Gasteiger partial charge is 0.399 e. The molecule has 2 aromatic rings. The van der Waals surface area contributed by atoms with Crippen molar-refractivity contribution in [2.75, 3.05) is 5.73 Å². The molecule has 2 aromatic carbocycles. The van der Waals surface area contributed by atoms with Crippen LogP contribution in [0.15, 0.2) is 59.7 Å². The van der Waals surface area contributed by atoms with Gasteiger partial charge in [-0.1, -0.05) is 0 Å². The number of hydrogen-bond donors (Lipinski definition) is 2. The van der Waals surface area contributed by atoms with E-state index < -0.39 is 4.92 Å². The highest BCUT2D eigenvalue weighted by molar-refractivity contribution is 5.98. The number of nitrogens with two attached hydrogens (primary N) is 2. The molecule has 0 aromatic heterocycles. The zero-order chi connectivity index (χ0) is 15.2. The van der Waals surface area contributed by atoms with E-state index in [1.54, 1.807) is 48.7 Å². The zero-order valence-corrected chi connectivity index (χ0v) is 11.1. The number of anilines is 1. The first-order chi connectivity index (χ1) is 10.1. The molecule has 0 amide bonds. The molecule has 0 bridgehead atoms. The maximum atomic E-state index is 10.5. The van der Waals surface area contributed by atoms with E-state index in [-0.39, 0.29) is 5.69 Å². The number of non-ortho nitro benzene ring substituents is 1. The van der Waals surface area contributed by atoms with Crippen LogP contribution in [0.5, 0.6) is 0 Å². The molecule has 0 saturated carbocycles. The Hall–Kier alpha value is -3.15. The van der Waals surface area contributed by atoms with Crippen LogP contribution >= 0.6 is 0 Å². The third-order valence-corrected chi connectivity index (χ3v) is 2.79. The van der Waals surface area contributed by atoms with Gasteiger partial charge in [0.05, 0.1) is 4.92 Å². The summed E-state index contributed by atoms with van der Waals surface area (Å²) in [4.78, 5) is 14.2. The fourth-order valence-corrected chi connectivity index (χ4v) is 1.64. The van der Waals surface area contributed by atoms with Gasteiger partial charge in [0.15, 0.2) is 0 Å². The first-order valence-electron chi connectivity index (χ1n) is 6.16. The lowest BCUT2D eigenvalue weighted by atomic mass is 10.2. The van der Waals surface area contributed by atoms with Gasteiger partial charge in [0.1, 0.15) is 5.84 Å². The standard InChI is InChI=1S/C15H14N4O2/c16-13-5-3-12(4-6-13)15(17)18-10-9-11-1-7-14(8-2-11)19(20)21/h1-10H,16H2,(H2,17,18)/b10-9+. The number of hydrogen-bond acceptors (Lipinski definition) is 4. The Balaban J connectivity index is 2.08. The molecule has 0 aliphatic carbocycles. The highest BCUT2D eigenvalue weighted by Crippen LogP contribution is 2.13. The minimum atomic E-state index is -0.440. The molecule has 0 atom stereocenters. The van der Waals surface area contributed by atoms with Gasteiger partial charge in [0.2, 0.25) is 0 Å². The molecule has 2 rings (SSSR count). The van der Waals surface area contributed by atoms with E-state index in [2.05, 4.69) is 4.99 Å². The Bertz CT molecular complexity index is 689. The first kappa shape index (κ1) is 14.3. The Kier molecular flexibility index (Phi) is 4.30. The van der Waals surface area contributed by atoms with Gasteiger partial charge in [0, 0.05) is 29.6 Å². The second-order valence-corrected chi connectivity index (χ2v) is 4.30. The van der Waals surface area contributed by atoms with Crippen molar-refractivity contribution in [1.29, 1.82) is 0 Å². The number of nitrogen functional groups attached to an aromatic ring is 1. The van der Waals surface area contributed by atoms with Crippen LogP contribution in [-0.2, 0) is 0 Å². The van der Waals surface area contributed by atoms with Gasteiger partial charge in [-0.05, 0) is 48.0 Å². The van der Waals surface area contributed by atoms with Crippen LogP contribution in [-0.4, -0.2) is 10.8 Å². The van der Waals surface area contributed by atoms with Crippen molar-refractivity contribution in [1.82, 2.24) is 0 Å². The summed E-state index contributed by atoms with van der Waals surface area (Å²) in [7, 11) is 0. The second kappa shape index (κ2) is 6.33. The van der Waals surface area contributed by atoms with Crippen molar-refractivity contribution in [2.24, 2.45) is 10.7 Å². The lowest BCUT2D eigenvalue weighted by Gasteiger charge is -1.99. The van der Waals surface area contributed by atoms with Crippen LogP contribution in [0.25, 0.3) is 6.08 Å². The summed E-state index contributed by atoms with van der Waals surface area (Å²) in [5.41, 5.74) is 13.7. The molecule has 4 N–H and O–H groups in total. The van der Waals surface area contributed by atoms with Gasteiger partial charge in [-0.15, -0.1) is 0 Å². The number of nitro groups is 1. The lowest BCUT2D eigenvalue weighted by molar-refractivity contribution is -0.384. The minimum Gasteiger partial charge on any atom is -0.399 e. The molecule has 0 fully saturated rings. The summed E-state index contributed by atoms with van der Waals surface area (Å²) < 4.78 is 0. The first-order valence-corrected chi connectivity index (χ1v) is 6.16. The van der Waals surface area contributed by atoms with Crippen molar-refractivity contribution >= 4 is 23.3 Å².